The summed E-state index contributed by atoms with van der Waals surface area (Å²) >= 11 is 0. The summed E-state index contributed by atoms with van der Waals surface area (Å²) in [5, 5.41) is 21.8. The van der Waals surface area contributed by atoms with Gasteiger partial charge in [0.05, 0.1) is 0 Å². The lowest BCUT2D eigenvalue weighted by molar-refractivity contribution is 0.446. The molecule has 0 atom stereocenters. The minimum absolute atomic E-state index is 0. The first kappa shape index (κ1) is 22.5. The second-order valence-electron chi connectivity index (χ2n) is 5.54. The summed E-state index contributed by atoms with van der Waals surface area (Å²) in [4.78, 5) is 0. The van der Waals surface area contributed by atoms with Gasteiger partial charge in [-0.2, -0.15) is 0 Å². The SMILES string of the molecule is C.CC.Cc1c(C)c(O)c(C)c(C)c1O.c1ccc2ccccc2c1. The fourth-order valence-electron chi connectivity index (χ4n) is 2.41. The lowest BCUT2D eigenvalue weighted by atomic mass is 9.99. The largest absolute Gasteiger partial charge is 0.507 e. The van der Waals surface area contributed by atoms with E-state index in [1.54, 1.807) is 27.7 Å². The highest BCUT2D eigenvalue weighted by Crippen LogP contribution is 2.35. The third-order valence-corrected chi connectivity index (χ3v) is 4.20. The number of fused-ring (bicyclic) bond motifs is 1. The van der Waals surface area contributed by atoms with Crippen molar-refractivity contribution in [1.82, 2.24) is 0 Å². The van der Waals surface area contributed by atoms with Crippen LogP contribution in [0, 0.1) is 27.7 Å². The molecular formula is C23H32O2. The van der Waals surface area contributed by atoms with Crippen molar-refractivity contribution in [2.24, 2.45) is 0 Å². The topological polar surface area (TPSA) is 40.5 Å². The Kier molecular flexibility index (Phi) is 9.37. The molecule has 25 heavy (non-hydrogen) atoms. The second-order valence-corrected chi connectivity index (χ2v) is 5.54. The minimum atomic E-state index is 0. The van der Waals surface area contributed by atoms with Gasteiger partial charge in [0.2, 0.25) is 0 Å². The van der Waals surface area contributed by atoms with Crippen molar-refractivity contribution >= 4 is 10.8 Å². The normalized spacial score (nSPS) is 9.20. The van der Waals surface area contributed by atoms with E-state index in [1.807, 2.05) is 13.8 Å². The van der Waals surface area contributed by atoms with Crippen LogP contribution in [0.3, 0.4) is 0 Å². The summed E-state index contributed by atoms with van der Waals surface area (Å²) in [6.07, 6.45) is 0. The highest BCUT2D eigenvalue weighted by molar-refractivity contribution is 5.82. The Morgan fingerprint density at radius 1 is 0.520 bits per heavy atom. The highest BCUT2D eigenvalue weighted by atomic mass is 16.3. The Morgan fingerprint density at radius 3 is 0.920 bits per heavy atom. The van der Waals surface area contributed by atoms with Gasteiger partial charge in [-0.15, -0.1) is 0 Å². The van der Waals surface area contributed by atoms with Crippen LogP contribution in [0.5, 0.6) is 11.5 Å². The first-order chi connectivity index (χ1) is 11.4. The average Bonchev–Trinajstić information content (AvgIpc) is 2.65. The maximum Gasteiger partial charge on any atom is 0.122 e. The molecule has 3 aromatic carbocycles. The van der Waals surface area contributed by atoms with Crippen molar-refractivity contribution in [1.29, 1.82) is 0 Å². The van der Waals surface area contributed by atoms with Crippen LogP contribution in [-0.4, -0.2) is 10.2 Å². The molecule has 0 heterocycles. The predicted molar refractivity (Wildman–Crippen MR) is 111 cm³/mol. The van der Waals surface area contributed by atoms with Gasteiger partial charge >= 0.3 is 0 Å². The number of hydrogen-bond acceptors (Lipinski definition) is 2. The molecule has 0 bridgehead atoms. The first-order valence-electron chi connectivity index (χ1n) is 8.35. The molecule has 2 nitrogen and oxygen atoms in total. The molecule has 3 aromatic rings. The third-order valence-electron chi connectivity index (χ3n) is 4.20. The van der Waals surface area contributed by atoms with E-state index in [-0.39, 0.29) is 7.43 Å². The molecule has 3 rings (SSSR count). The van der Waals surface area contributed by atoms with Crippen molar-refractivity contribution in [3.05, 3.63) is 70.8 Å². The Balaban J connectivity index is 0.000000408. The molecule has 0 unspecified atom stereocenters. The minimum Gasteiger partial charge on any atom is -0.507 e. The number of aromatic hydroxyl groups is 2. The molecule has 0 saturated heterocycles. The molecule has 0 aliphatic rings. The van der Waals surface area contributed by atoms with Crippen molar-refractivity contribution < 1.29 is 10.2 Å². The van der Waals surface area contributed by atoms with Crippen molar-refractivity contribution in [2.45, 2.75) is 49.0 Å². The van der Waals surface area contributed by atoms with E-state index in [9.17, 15) is 10.2 Å². The number of phenols is 2. The molecule has 0 radical (unpaired) electrons. The molecule has 0 aromatic heterocycles. The van der Waals surface area contributed by atoms with Gasteiger partial charge in [0.25, 0.3) is 0 Å². The van der Waals surface area contributed by atoms with Gasteiger partial charge in [-0.05, 0) is 60.7 Å². The summed E-state index contributed by atoms with van der Waals surface area (Å²) < 4.78 is 0. The van der Waals surface area contributed by atoms with Crippen LogP contribution in [0.25, 0.3) is 10.8 Å². The van der Waals surface area contributed by atoms with E-state index in [4.69, 9.17) is 0 Å². The van der Waals surface area contributed by atoms with Gasteiger partial charge in [0.15, 0.2) is 0 Å². The summed E-state index contributed by atoms with van der Waals surface area (Å²) in [5.74, 6) is 0.589. The molecule has 2 heteroatoms. The van der Waals surface area contributed by atoms with Crippen LogP contribution >= 0.6 is 0 Å². The fourth-order valence-corrected chi connectivity index (χ4v) is 2.41. The smallest absolute Gasteiger partial charge is 0.122 e. The summed E-state index contributed by atoms with van der Waals surface area (Å²) in [5.41, 5.74) is 3.04. The van der Waals surface area contributed by atoms with E-state index < -0.39 is 0 Å². The monoisotopic (exact) mass is 340 g/mol. The Hall–Kier alpha value is -2.48. The molecule has 0 saturated carbocycles. The molecule has 2 N–H and O–H groups in total. The Bertz CT molecular complexity index is 634. The molecule has 0 amide bonds. The van der Waals surface area contributed by atoms with Crippen molar-refractivity contribution in [3.63, 3.8) is 0 Å². The van der Waals surface area contributed by atoms with Crippen LogP contribution < -0.4 is 0 Å². The zero-order valence-corrected chi connectivity index (χ0v) is 15.5. The Labute approximate surface area is 152 Å². The third kappa shape index (κ3) is 5.25. The quantitative estimate of drug-likeness (QED) is 0.440. The van der Waals surface area contributed by atoms with E-state index in [0.717, 1.165) is 22.3 Å². The molecule has 0 aliphatic heterocycles. The molecular weight excluding hydrogens is 308 g/mol. The van der Waals surface area contributed by atoms with Crippen LogP contribution in [0.2, 0.25) is 0 Å². The van der Waals surface area contributed by atoms with Gasteiger partial charge in [-0.25, -0.2) is 0 Å². The van der Waals surface area contributed by atoms with E-state index in [2.05, 4.69) is 48.5 Å². The average molecular weight is 341 g/mol. The van der Waals surface area contributed by atoms with Gasteiger partial charge in [0, 0.05) is 0 Å². The molecule has 0 fully saturated rings. The standard InChI is InChI=1S/C10H14O2.C10H8.C2H6.CH4/c1-5-6(2)10(12)8(4)7(3)9(5)11;1-2-6-10-8-4-3-7-9(10)5-1;1-2;/h11-12H,1-4H3;1-8H;1-2H3;1H4. The van der Waals surface area contributed by atoms with Crippen molar-refractivity contribution in [3.8, 4) is 11.5 Å². The van der Waals surface area contributed by atoms with Gasteiger partial charge < -0.3 is 10.2 Å². The maximum absolute atomic E-state index is 9.58. The van der Waals surface area contributed by atoms with Crippen LogP contribution in [0.4, 0.5) is 0 Å². The van der Waals surface area contributed by atoms with E-state index >= 15 is 0 Å². The predicted octanol–water partition coefficient (Wildman–Crippen LogP) is 6.83. The number of benzene rings is 3. The molecule has 136 valence electrons. The van der Waals surface area contributed by atoms with E-state index in [0.29, 0.717) is 11.5 Å². The van der Waals surface area contributed by atoms with Crippen LogP contribution in [0.1, 0.15) is 43.5 Å². The fraction of sp³-hybridized carbons (Fsp3) is 0.304. The van der Waals surface area contributed by atoms with Gasteiger partial charge in [-0.3, -0.25) is 0 Å². The molecule has 0 spiro atoms. The number of rotatable bonds is 0. The summed E-state index contributed by atoms with van der Waals surface area (Å²) in [6.45, 7) is 11.2. The van der Waals surface area contributed by atoms with Crippen LogP contribution in [0.15, 0.2) is 48.5 Å². The first-order valence-corrected chi connectivity index (χ1v) is 8.35. The van der Waals surface area contributed by atoms with Gasteiger partial charge in [0.1, 0.15) is 11.5 Å². The van der Waals surface area contributed by atoms with Crippen LogP contribution in [-0.2, 0) is 0 Å². The summed E-state index contributed by atoms with van der Waals surface area (Å²) in [7, 11) is 0. The lowest BCUT2D eigenvalue weighted by Gasteiger charge is -2.12. The number of hydrogen-bond donors (Lipinski definition) is 2. The lowest BCUT2D eigenvalue weighted by Crippen LogP contribution is -1.91. The van der Waals surface area contributed by atoms with Gasteiger partial charge in [-0.1, -0.05) is 69.8 Å². The maximum atomic E-state index is 9.58. The number of phenolic OH excluding ortho intramolecular Hbond substituents is 2. The van der Waals surface area contributed by atoms with E-state index in [1.165, 1.54) is 10.8 Å². The second kappa shape index (κ2) is 10.4. The zero-order chi connectivity index (χ0) is 18.3. The summed E-state index contributed by atoms with van der Waals surface area (Å²) in [6, 6.07) is 16.7. The zero-order valence-electron chi connectivity index (χ0n) is 15.5. The molecule has 0 aliphatic carbocycles. The Morgan fingerprint density at radius 2 is 0.720 bits per heavy atom. The highest BCUT2D eigenvalue weighted by Gasteiger charge is 2.12. The van der Waals surface area contributed by atoms with Crippen molar-refractivity contribution in [2.75, 3.05) is 0 Å².